The van der Waals surface area contributed by atoms with Crippen LogP contribution in [0, 0.1) is 0 Å². The van der Waals surface area contributed by atoms with Crippen LogP contribution in [0.3, 0.4) is 0 Å². The number of likely N-dealkylation sites (tertiary alicyclic amines) is 1. The number of allylic oxidation sites excluding steroid dienone is 2. The molecule has 2 aliphatic rings. The van der Waals surface area contributed by atoms with Gasteiger partial charge in [-0.1, -0.05) is 24.3 Å². The van der Waals surface area contributed by atoms with E-state index in [-0.39, 0.29) is 5.91 Å². The molecule has 1 aromatic carbocycles. The summed E-state index contributed by atoms with van der Waals surface area (Å²) in [6, 6.07) is 5.92. The third-order valence-electron chi connectivity index (χ3n) is 4.14. The third-order valence-corrected chi connectivity index (χ3v) is 4.14. The lowest BCUT2D eigenvalue weighted by Gasteiger charge is -2.25. The summed E-state index contributed by atoms with van der Waals surface area (Å²) < 4.78 is 10.7. The highest BCUT2D eigenvalue weighted by Gasteiger charge is 2.13. The van der Waals surface area contributed by atoms with Gasteiger partial charge >= 0.3 is 0 Å². The molecule has 122 valence electrons. The van der Waals surface area contributed by atoms with Gasteiger partial charge in [0.15, 0.2) is 11.5 Å². The van der Waals surface area contributed by atoms with Gasteiger partial charge in [0.2, 0.25) is 12.7 Å². The first-order valence-corrected chi connectivity index (χ1v) is 8.34. The maximum absolute atomic E-state index is 12.0. The van der Waals surface area contributed by atoms with Crippen LogP contribution < -0.4 is 9.47 Å². The van der Waals surface area contributed by atoms with Crippen molar-refractivity contribution in [3.63, 3.8) is 0 Å². The summed E-state index contributed by atoms with van der Waals surface area (Å²) in [6.07, 6.45) is 13.2. The molecule has 1 fully saturated rings. The predicted octanol–water partition coefficient (Wildman–Crippen LogP) is 3.78. The smallest absolute Gasteiger partial charge is 0.246 e. The van der Waals surface area contributed by atoms with E-state index in [1.165, 1.54) is 6.42 Å². The Balaban J connectivity index is 1.40. The summed E-state index contributed by atoms with van der Waals surface area (Å²) in [6.45, 7) is 2.12. The third kappa shape index (κ3) is 4.38. The SMILES string of the molecule is O=C(/C=C/CC/C=C/c1ccc2c(c1)OCO2)N1CCCCC1. The Hall–Kier alpha value is -2.23. The molecule has 0 unspecified atom stereocenters. The number of rotatable bonds is 5. The fourth-order valence-corrected chi connectivity index (χ4v) is 2.83. The van der Waals surface area contributed by atoms with Crippen molar-refractivity contribution < 1.29 is 14.3 Å². The van der Waals surface area contributed by atoms with Gasteiger partial charge in [0.25, 0.3) is 0 Å². The highest BCUT2D eigenvalue weighted by atomic mass is 16.7. The van der Waals surface area contributed by atoms with E-state index in [0.29, 0.717) is 6.79 Å². The van der Waals surface area contributed by atoms with Crippen LogP contribution in [0.15, 0.2) is 36.4 Å². The number of benzene rings is 1. The fraction of sp³-hybridized carbons (Fsp3) is 0.421. The summed E-state index contributed by atoms with van der Waals surface area (Å²) >= 11 is 0. The number of piperidine rings is 1. The number of amides is 1. The van der Waals surface area contributed by atoms with Crippen molar-refractivity contribution in [3.8, 4) is 11.5 Å². The van der Waals surface area contributed by atoms with Crippen molar-refractivity contribution in [1.29, 1.82) is 0 Å². The number of hydrogen-bond acceptors (Lipinski definition) is 3. The summed E-state index contributed by atoms with van der Waals surface area (Å²) in [4.78, 5) is 13.9. The van der Waals surface area contributed by atoms with E-state index in [4.69, 9.17) is 9.47 Å². The Kier molecular flexibility index (Phi) is 5.35. The van der Waals surface area contributed by atoms with Crippen LogP contribution in [0.2, 0.25) is 0 Å². The monoisotopic (exact) mass is 313 g/mol. The summed E-state index contributed by atoms with van der Waals surface area (Å²) in [5.74, 6) is 1.77. The zero-order chi connectivity index (χ0) is 15.9. The number of carbonyl (C=O) groups is 1. The summed E-state index contributed by atoms with van der Waals surface area (Å²) in [5, 5.41) is 0. The summed E-state index contributed by atoms with van der Waals surface area (Å²) in [7, 11) is 0. The highest BCUT2D eigenvalue weighted by molar-refractivity contribution is 5.87. The Labute approximate surface area is 137 Å². The molecule has 0 spiro atoms. The van der Waals surface area contributed by atoms with Gasteiger partial charge < -0.3 is 14.4 Å². The molecule has 0 saturated carbocycles. The van der Waals surface area contributed by atoms with Gasteiger partial charge in [-0.05, 0) is 55.9 Å². The van der Waals surface area contributed by atoms with Gasteiger partial charge in [-0.25, -0.2) is 0 Å². The molecule has 4 nitrogen and oxygen atoms in total. The standard InChI is InChI=1S/C19H23NO3/c21-19(20-12-6-3-7-13-20)9-5-2-1-4-8-16-10-11-17-18(14-16)23-15-22-17/h4-5,8-11,14H,1-3,6-7,12-13,15H2/b8-4+,9-5+. The molecular formula is C19H23NO3. The van der Waals surface area contributed by atoms with Crippen molar-refractivity contribution in [2.45, 2.75) is 32.1 Å². The number of unbranched alkanes of at least 4 members (excludes halogenated alkanes) is 1. The molecule has 1 saturated heterocycles. The average molecular weight is 313 g/mol. The zero-order valence-electron chi connectivity index (χ0n) is 13.4. The van der Waals surface area contributed by atoms with Crippen molar-refractivity contribution in [2.24, 2.45) is 0 Å². The number of fused-ring (bicyclic) bond motifs is 1. The first-order valence-electron chi connectivity index (χ1n) is 8.34. The second-order valence-electron chi connectivity index (χ2n) is 5.88. The van der Waals surface area contributed by atoms with Gasteiger partial charge in [-0.15, -0.1) is 0 Å². The van der Waals surface area contributed by atoms with Gasteiger partial charge in [-0.2, -0.15) is 0 Å². The van der Waals surface area contributed by atoms with Crippen LogP contribution in [0.5, 0.6) is 11.5 Å². The topological polar surface area (TPSA) is 38.8 Å². The molecule has 0 radical (unpaired) electrons. The molecule has 0 bridgehead atoms. The molecule has 0 aliphatic carbocycles. The maximum atomic E-state index is 12.0. The predicted molar refractivity (Wildman–Crippen MR) is 90.4 cm³/mol. The van der Waals surface area contributed by atoms with Crippen molar-refractivity contribution in [2.75, 3.05) is 19.9 Å². The van der Waals surface area contributed by atoms with Crippen LogP contribution >= 0.6 is 0 Å². The number of nitrogens with zero attached hydrogens (tertiary/aromatic N) is 1. The van der Waals surface area contributed by atoms with Gasteiger partial charge in [0.1, 0.15) is 0 Å². The normalized spacial score (nSPS) is 17.3. The molecule has 2 heterocycles. The lowest BCUT2D eigenvalue weighted by atomic mass is 10.1. The molecule has 0 N–H and O–H groups in total. The number of hydrogen-bond donors (Lipinski definition) is 0. The highest BCUT2D eigenvalue weighted by Crippen LogP contribution is 2.32. The zero-order valence-corrected chi connectivity index (χ0v) is 13.4. The van der Waals surface area contributed by atoms with Gasteiger partial charge in [0, 0.05) is 13.1 Å². The lowest BCUT2D eigenvalue weighted by molar-refractivity contribution is -0.126. The number of ether oxygens (including phenoxy) is 2. The van der Waals surface area contributed by atoms with E-state index in [0.717, 1.165) is 55.8 Å². The Morgan fingerprint density at radius 2 is 1.83 bits per heavy atom. The Morgan fingerprint density at radius 1 is 1.04 bits per heavy atom. The van der Waals surface area contributed by atoms with Crippen LogP contribution in [0.1, 0.15) is 37.7 Å². The molecule has 1 aromatic rings. The second-order valence-corrected chi connectivity index (χ2v) is 5.88. The van der Waals surface area contributed by atoms with E-state index >= 15 is 0 Å². The van der Waals surface area contributed by atoms with Gasteiger partial charge in [0.05, 0.1) is 0 Å². The minimum absolute atomic E-state index is 0.157. The van der Waals surface area contributed by atoms with Crippen LogP contribution in [0.4, 0.5) is 0 Å². The molecule has 23 heavy (non-hydrogen) atoms. The van der Waals surface area contributed by atoms with E-state index in [1.807, 2.05) is 29.2 Å². The minimum atomic E-state index is 0.157. The van der Waals surface area contributed by atoms with Crippen molar-refractivity contribution in [1.82, 2.24) is 4.90 Å². The molecule has 2 aliphatic heterocycles. The number of carbonyl (C=O) groups excluding carboxylic acids is 1. The van der Waals surface area contributed by atoms with Crippen molar-refractivity contribution in [3.05, 3.63) is 42.0 Å². The lowest BCUT2D eigenvalue weighted by Crippen LogP contribution is -2.34. The molecular weight excluding hydrogens is 290 g/mol. The van der Waals surface area contributed by atoms with Crippen LogP contribution in [-0.2, 0) is 4.79 Å². The first kappa shape index (κ1) is 15.7. The van der Waals surface area contributed by atoms with Crippen LogP contribution in [-0.4, -0.2) is 30.7 Å². The van der Waals surface area contributed by atoms with Crippen LogP contribution in [0.25, 0.3) is 6.08 Å². The fourth-order valence-electron chi connectivity index (χ4n) is 2.83. The molecule has 1 amide bonds. The molecule has 0 aromatic heterocycles. The quantitative estimate of drug-likeness (QED) is 0.613. The van der Waals surface area contributed by atoms with Crippen molar-refractivity contribution >= 4 is 12.0 Å². The maximum Gasteiger partial charge on any atom is 0.246 e. The molecule has 0 atom stereocenters. The minimum Gasteiger partial charge on any atom is -0.454 e. The summed E-state index contributed by atoms with van der Waals surface area (Å²) in [5.41, 5.74) is 1.10. The van der Waals surface area contributed by atoms with E-state index in [2.05, 4.69) is 12.2 Å². The largest absolute Gasteiger partial charge is 0.454 e. The Morgan fingerprint density at radius 3 is 2.70 bits per heavy atom. The van der Waals surface area contributed by atoms with Gasteiger partial charge in [-0.3, -0.25) is 4.79 Å². The molecule has 3 rings (SSSR count). The Bertz CT molecular complexity index is 601. The van der Waals surface area contributed by atoms with E-state index in [9.17, 15) is 4.79 Å². The van der Waals surface area contributed by atoms with E-state index < -0.39 is 0 Å². The van der Waals surface area contributed by atoms with E-state index in [1.54, 1.807) is 6.08 Å². The first-order chi connectivity index (χ1) is 11.3. The molecule has 4 heteroatoms. The second kappa shape index (κ2) is 7.86. The average Bonchev–Trinajstić information content (AvgIpc) is 3.06.